The third kappa shape index (κ3) is 2.69. The van der Waals surface area contributed by atoms with Gasteiger partial charge in [-0.05, 0) is 25.0 Å². The number of nitrogens with one attached hydrogen (secondary N) is 1. The summed E-state index contributed by atoms with van der Waals surface area (Å²) in [5.41, 5.74) is 2.17. The van der Waals surface area contributed by atoms with E-state index >= 15 is 0 Å². The molecule has 5 heteroatoms. The molecular formula is C16H19N3O2. The lowest BCUT2D eigenvalue weighted by molar-refractivity contribution is 0.0542. The summed E-state index contributed by atoms with van der Waals surface area (Å²) in [5, 5.41) is 13.7. The zero-order valence-corrected chi connectivity index (χ0v) is 12.0. The predicted octanol–water partition coefficient (Wildman–Crippen LogP) is 1.87. The highest BCUT2D eigenvalue weighted by Gasteiger charge is 2.23. The highest BCUT2D eigenvalue weighted by Crippen LogP contribution is 2.24. The molecule has 0 saturated carbocycles. The largest absolute Gasteiger partial charge is 0.393 e. The molecular weight excluding hydrogens is 266 g/mol. The molecule has 5 nitrogen and oxygen atoms in total. The number of piperidine rings is 1. The smallest absolute Gasteiger partial charge is 0.272 e. The summed E-state index contributed by atoms with van der Waals surface area (Å²) in [6.45, 7) is 1.17. The van der Waals surface area contributed by atoms with E-state index in [1.807, 2.05) is 31.3 Å². The van der Waals surface area contributed by atoms with Crippen LogP contribution in [0, 0.1) is 0 Å². The van der Waals surface area contributed by atoms with Crippen molar-refractivity contribution in [1.29, 1.82) is 0 Å². The number of aliphatic hydroxyl groups excluding tert-OH is 1. The molecule has 1 saturated heterocycles. The Balaban J connectivity index is 1.94. The number of aromatic nitrogens is 1. The molecule has 1 aromatic carbocycles. The van der Waals surface area contributed by atoms with Crippen LogP contribution in [0.1, 0.15) is 23.3 Å². The van der Waals surface area contributed by atoms with E-state index in [4.69, 9.17) is 0 Å². The molecule has 2 N–H and O–H groups in total. The molecule has 0 spiro atoms. The molecule has 1 amide bonds. The summed E-state index contributed by atoms with van der Waals surface area (Å²) >= 11 is 0. The van der Waals surface area contributed by atoms with E-state index in [2.05, 4.69) is 10.3 Å². The van der Waals surface area contributed by atoms with E-state index in [1.54, 1.807) is 11.0 Å². The molecule has 2 aromatic rings. The summed E-state index contributed by atoms with van der Waals surface area (Å²) < 4.78 is 0. The second-order valence-corrected chi connectivity index (χ2v) is 5.35. The van der Waals surface area contributed by atoms with Gasteiger partial charge in [0.05, 0.1) is 11.6 Å². The van der Waals surface area contributed by atoms with Crippen LogP contribution in [0.4, 0.5) is 5.69 Å². The van der Waals surface area contributed by atoms with Crippen molar-refractivity contribution in [3.05, 3.63) is 36.0 Å². The molecule has 1 aromatic heterocycles. The van der Waals surface area contributed by atoms with Crippen molar-refractivity contribution >= 4 is 22.5 Å². The Labute approximate surface area is 123 Å². The molecule has 1 aliphatic rings. The van der Waals surface area contributed by atoms with Gasteiger partial charge in [-0.1, -0.05) is 18.2 Å². The second kappa shape index (κ2) is 5.69. The van der Waals surface area contributed by atoms with Gasteiger partial charge >= 0.3 is 0 Å². The van der Waals surface area contributed by atoms with Gasteiger partial charge < -0.3 is 15.3 Å². The lowest BCUT2D eigenvalue weighted by atomic mass is 10.1. The summed E-state index contributed by atoms with van der Waals surface area (Å²) in [5.74, 6) is -0.0656. The Morgan fingerprint density at radius 1 is 1.33 bits per heavy atom. The average molecular weight is 285 g/mol. The van der Waals surface area contributed by atoms with Gasteiger partial charge in [0, 0.05) is 31.2 Å². The number of nitrogens with zero attached hydrogens (tertiary/aromatic N) is 2. The van der Waals surface area contributed by atoms with E-state index in [0.29, 0.717) is 31.6 Å². The minimum atomic E-state index is -0.286. The lowest BCUT2D eigenvalue weighted by Gasteiger charge is -2.29. The molecule has 110 valence electrons. The first-order chi connectivity index (χ1) is 10.2. The summed E-state index contributed by atoms with van der Waals surface area (Å²) in [4.78, 5) is 18.8. The normalized spacial score (nSPS) is 16.2. The van der Waals surface area contributed by atoms with Crippen molar-refractivity contribution in [2.75, 3.05) is 25.5 Å². The molecule has 0 bridgehead atoms. The number of carbonyl (C=O) groups excluding carboxylic acids is 1. The fourth-order valence-electron chi connectivity index (χ4n) is 2.72. The van der Waals surface area contributed by atoms with Crippen LogP contribution in [0.15, 0.2) is 30.3 Å². The molecule has 0 aliphatic carbocycles. The predicted molar refractivity (Wildman–Crippen MR) is 82.4 cm³/mol. The van der Waals surface area contributed by atoms with Gasteiger partial charge in [0.2, 0.25) is 0 Å². The molecule has 0 atom stereocenters. The first kappa shape index (κ1) is 13.8. The quantitative estimate of drug-likeness (QED) is 0.884. The zero-order chi connectivity index (χ0) is 14.8. The van der Waals surface area contributed by atoms with E-state index in [9.17, 15) is 9.90 Å². The Kier molecular flexibility index (Phi) is 3.75. The summed E-state index contributed by atoms with van der Waals surface area (Å²) in [7, 11) is 1.84. The SMILES string of the molecule is CNc1cc(C(=O)N2CCC(O)CC2)nc2ccccc12. The topological polar surface area (TPSA) is 65.5 Å². The number of aliphatic hydroxyl groups is 1. The number of hydrogen-bond donors (Lipinski definition) is 2. The molecule has 3 rings (SSSR count). The van der Waals surface area contributed by atoms with Gasteiger partial charge in [-0.15, -0.1) is 0 Å². The lowest BCUT2D eigenvalue weighted by Crippen LogP contribution is -2.40. The van der Waals surface area contributed by atoms with Crippen molar-refractivity contribution in [1.82, 2.24) is 9.88 Å². The highest BCUT2D eigenvalue weighted by atomic mass is 16.3. The Hall–Kier alpha value is -2.14. The van der Waals surface area contributed by atoms with Gasteiger partial charge in [-0.25, -0.2) is 4.98 Å². The van der Waals surface area contributed by atoms with Crippen LogP contribution >= 0.6 is 0 Å². The van der Waals surface area contributed by atoms with Crippen LogP contribution in [0.2, 0.25) is 0 Å². The van der Waals surface area contributed by atoms with Crippen molar-refractivity contribution in [2.45, 2.75) is 18.9 Å². The second-order valence-electron chi connectivity index (χ2n) is 5.35. The van der Waals surface area contributed by atoms with Crippen molar-refractivity contribution in [3.63, 3.8) is 0 Å². The van der Waals surface area contributed by atoms with Gasteiger partial charge in [0.25, 0.3) is 5.91 Å². The molecule has 21 heavy (non-hydrogen) atoms. The number of pyridine rings is 1. The number of carbonyl (C=O) groups is 1. The number of para-hydroxylation sites is 1. The van der Waals surface area contributed by atoms with E-state index in [1.165, 1.54) is 0 Å². The van der Waals surface area contributed by atoms with Crippen LogP contribution in [0.3, 0.4) is 0 Å². The van der Waals surface area contributed by atoms with Crippen LogP contribution in [0.5, 0.6) is 0 Å². The highest BCUT2D eigenvalue weighted by molar-refractivity contribution is 5.99. The van der Waals surface area contributed by atoms with Crippen molar-refractivity contribution in [2.24, 2.45) is 0 Å². The molecule has 2 heterocycles. The molecule has 0 unspecified atom stereocenters. The Morgan fingerprint density at radius 2 is 2.05 bits per heavy atom. The molecule has 1 fully saturated rings. The van der Waals surface area contributed by atoms with E-state index < -0.39 is 0 Å². The fraction of sp³-hybridized carbons (Fsp3) is 0.375. The minimum Gasteiger partial charge on any atom is -0.393 e. The number of benzene rings is 1. The number of hydrogen-bond acceptors (Lipinski definition) is 4. The van der Waals surface area contributed by atoms with Gasteiger partial charge in [-0.3, -0.25) is 4.79 Å². The summed E-state index contributed by atoms with van der Waals surface area (Å²) in [6.07, 6.45) is 0.989. The monoisotopic (exact) mass is 285 g/mol. The first-order valence-corrected chi connectivity index (χ1v) is 7.24. The number of amides is 1. The first-order valence-electron chi connectivity index (χ1n) is 7.24. The fourth-order valence-corrected chi connectivity index (χ4v) is 2.72. The third-order valence-corrected chi connectivity index (χ3v) is 3.96. The molecule has 1 aliphatic heterocycles. The van der Waals surface area contributed by atoms with Crippen LogP contribution in [0.25, 0.3) is 10.9 Å². The van der Waals surface area contributed by atoms with Crippen LogP contribution < -0.4 is 5.32 Å². The van der Waals surface area contributed by atoms with E-state index in [-0.39, 0.29) is 12.0 Å². The number of likely N-dealkylation sites (tertiary alicyclic amines) is 1. The van der Waals surface area contributed by atoms with Crippen molar-refractivity contribution in [3.8, 4) is 0 Å². The van der Waals surface area contributed by atoms with Gasteiger partial charge in [0.15, 0.2) is 0 Å². The van der Waals surface area contributed by atoms with Crippen LogP contribution in [-0.2, 0) is 0 Å². The van der Waals surface area contributed by atoms with Gasteiger partial charge in [0.1, 0.15) is 5.69 Å². The minimum absolute atomic E-state index is 0.0656. The maximum Gasteiger partial charge on any atom is 0.272 e. The van der Waals surface area contributed by atoms with E-state index in [0.717, 1.165) is 16.6 Å². The number of anilines is 1. The number of rotatable bonds is 2. The summed E-state index contributed by atoms with van der Waals surface area (Å²) in [6, 6.07) is 9.57. The Morgan fingerprint density at radius 3 is 2.76 bits per heavy atom. The van der Waals surface area contributed by atoms with Crippen molar-refractivity contribution < 1.29 is 9.90 Å². The Bertz CT molecular complexity index is 664. The third-order valence-electron chi connectivity index (χ3n) is 3.96. The zero-order valence-electron chi connectivity index (χ0n) is 12.0. The maximum absolute atomic E-state index is 12.6. The standard InChI is InChI=1S/C16H19N3O2/c1-17-14-10-15(18-13-5-3-2-4-12(13)14)16(21)19-8-6-11(20)7-9-19/h2-5,10-11,20H,6-9H2,1H3,(H,17,18). The molecule has 0 radical (unpaired) electrons. The van der Waals surface area contributed by atoms with Gasteiger partial charge in [-0.2, -0.15) is 0 Å². The average Bonchev–Trinajstić information content (AvgIpc) is 2.53. The number of fused-ring (bicyclic) bond motifs is 1. The maximum atomic E-state index is 12.6. The van der Waals surface area contributed by atoms with Crippen LogP contribution in [-0.4, -0.2) is 47.1 Å².